The predicted molar refractivity (Wildman–Crippen MR) is 178 cm³/mol. The van der Waals surface area contributed by atoms with Crippen LogP contribution in [0.5, 0.6) is 0 Å². The molecular formula is C28H46N8O6S3. The van der Waals surface area contributed by atoms with E-state index in [1.165, 1.54) is 22.7 Å². The summed E-state index contributed by atoms with van der Waals surface area (Å²) in [4.78, 5) is 50.0. The van der Waals surface area contributed by atoms with Crippen LogP contribution < -0.4 is 21.3 Å². The fourth-order valence-corrected chi connectivity index (χ4v) is 6.16. The van der Waals surface area contributed by atoms with Crippen LogP contribution in [0.4, 0.5) is 19.9 Å². The molecule has 0 fully saturated rings. The SMILES string of the molecule is CC(C)[C@H](NC(=O)OC(C)(C)C)C(=O)Nc1nnc(CCSCCc2nnc(NC(=O)[C@@H](NC(=O)OC(C)(C)C)C(C)C)s2)s1. The Bertz CT molecular complexity index is 1190. The second-order valence-corrected chi connectivity index (χ2v) is 16.2. The van der Waals surface area contributed by atoms with Crippen LogP contribution in [0.15, 0.2) is 0 Å². The van der Waals surface area contributed by atoms with Gasteiger partial charge in [-0.2, -0.15) is 11.8 Å². The van der Waals surface area contributed by atoms with Gasteiger partial charge in [0, 0.05) is 12.8 Å². The van der Waals surface area contributed by atoms with Crippen LogP contribution in [0, 0.1) is 11.8 Å². The monoisotopic (exact) mass is 686 g/mol. The summed E-state index contributed by atoms with van der Waals surface area (Å²) >= 11 is 4.28. The second-order valence-electron chi connectivity index (χ2n) is 12.8. The molecule has 2 aromatic rings. The number of hydrogen-bond donors (Lipinski definition) is 4. The van der Waals surface area contributed by atoms with Gasteiger partial charge in [0.15, 0.2) is 0 Å². The summed E-state index contributed by atoms with van der Waals surface area (Å²) in [5.74, 6) is 0.456. The minimum absolute atomic E-state index is 0.167. The Morgan fingerprint density at radius 1 is 0.667 bits per heavy atom. The first-order valence-electron chi connectivity index (χ1n) is 14.7. The molecule has 0 aliphatic rings. The van der Waals surface area contributed by atoms with Gasteiger partial charge >= 0.3 is 12.2 Å². The van der Waals surface area contributed by atoms with E-state index in [0.29, 0.717) is 23.1 Å². The maximum Gasteiger partial charge on any atom is 0.408 e. The Kier molecular flexibility index (Phi) is 14.4. The molecule has 2 atom stereocenters. The number of anilines is 2. The van der Waals surface area contributed by atoms with Crippen LogP contribution in [0.1, 0.15) is 79.3 Å². The van der Waals surface area contributed by atoms with Crippen LogP contribution in [0.25, 0.3) is 0 Å². The topological polar surface area (TPSA) is 186 Å². The van der Waals surface area contributed by atoms with Crippen molar-refractivity contribution in [2.24, 2.45) is 11.8 Å². The van der Waals surface area contributed by atoms with Crippen molar-refractivity contribution < 1.29 is 28.7 Å². The van der Waals surface area contributed by atoms with E-state index < -0.39 is 35.5 Å². The average Bonchev–Trinajstić information content (AvgIpc) is 3.52. The fourth-order valence-electron chi connectivity index (χ4n) is 3.54. The standard InChI is InChI=1S/C28H46N8O6S3/c1-15(2)19(29-25(39)41-27(5,6)7)21(37)31-23-35-33-17(44-23)11-13-43-14-12-18-34-36-24(45-18)32-22(38)20(16(3)4)30-26(40)42-28(8,9)10/h15-16,19-20H,11-14H2,1-10H3,(H,29,39)(H,30,40)(H,31,35,37)(H,32,36,38)/t19-,20-/m0/s1. The highest BCUT2D eigenvalue weighted by Gasteiger charge is 2.29. The van der Waals surface area contributed by atoms with Crippen LogP contribution in [-0.2, 0) is 31.9 Å². The number of aryl methyl sites for hydroxylation is 2. The van der Waals surface area contributed by atoms with E-state index in [2.05, 4.69) is 41.7 Å². The number of nitrogens with zero attached hydrogens (tertiary/aromatic N) is 4. The second kappa shape index (κ2) is 17.0. The molecule has 0 saturated heterocycles. The number of hydrogen-bond acceptors (Lipinski definition) is 13. The normalized spacial score (nSPS) is 13.2. The van der Waals surface area contributed by atoms with E-state index in [1.807, 2.05) is 27.7 Å². The number of thioether (sulfide) groups is 1. The van der Waals surface area contributed by atoms with E-state index in [4.69, 9.17) is 9.47 Å². The van der Waals surface area contributed by atoms with Crippen LogP contribution in [0.3, 0.4) is 0 Å². The first-order valence-corrected chi connectivity index (χ1v) is 17.4. The van der Waals surface area contributed by atoms with Gasteiger partial charge in [0.1, 0.15) is 33.3 Å². The largest absolute Gasteiger partial charge is 0.444 e. The van der Waals surface area contributed by atoms with Gasteiger partial charge in [-0.25, -0.2) is 9.59 Å². The van der Waals surface area contributed by atoms with E-state index in [9.17, 15) is 19.2 Å². The van der Waals surface area contributed by atoms with Gasteiger partial charge in [0.2, 0.25) is 22.1 Å². The minimum atomic E-state index is -0.789. The lowest BCUT2D eigenvalue weighted by atomic mass is 10.0. The van der Waals surface area contributed by atoms with E-state index in [-0.39, 0.29) is 23.7 Å². The molecule has 0 radical (unpaired) electrons. The molecule has 0 bridgehead atoms. The molecule has 14 nitrogen and oxygen atoms in total. The van der Waals surface area contributed by atoms with Gasteiger partial charge < -0.3 is 20.1 Å². The zero-order valence-electron chi connectivity index (χ0n) is 27.6. The maximum absolute atomic E-state index is 12.8. The minimum Gasteiger partial charge on any atom is -0.444 e. The van der Waals surface area contributed by atoms with Crippen molar-refractivity contribution in [3.63, 3.8) is 0 Å². The van der Waals surface area contributed by atoms with E-state index >= 15 is 0 Å². The van der Waals surface area contributed by atoms with Crippen LogP contribution in [-0.4, -0.2) is 79.2 Å². The van der Waals surface area contributed by atoms with Crippen molar-refractivity contribution in [2.45, 2.75) is 105 Å². The van der Waals surface area contributed by atoms with Gasteiger partial charge in [0.25, 0.3) is 0 Å². The number of rotatable bonds is 14. The van der Waals surface area contributed by atoms with E-state index in [0.717, 1.165) is 21.5 Å². The third kappa shape index (κ3) is 14.7. The third-order valence-electron chi connectivity index (χ3n) is 5.56. The molecule has 2 heterocycles. The highest BCUT2D eigenvalue weighted by molar-refractivity contribution is 7.99. The average molecular weight is 687 g/mol. The first kappa shape index (κ1) is 38.1. The quantitative estimate of drug-likeness (QED) is 0.198. The molecule has 2 aromatic heterocycles. The summed E-state index contributed by atoms with van der Waals surface area (Å²) in [6.07, 6.45) is 0.0164. The molecule has 45 heavy (non-hydrogen) atoms. The molecule has 4 N–H and O–H groups in total. The Morgan fingerprint density at radius 3 is 1.33 bits per heavy atom. The van der Waals surface area contributed by atoms with Crippen molar-refractivity contribution in [1.82, 2.24) is 31.0 Å². The highest BCUT2D eigenvalue weighted by atomic mass is 32.2. The predicted octanol–water partition coefficient (Wildman–Crippen LogP) is 4.88. The van der Waals surface area contributed by atoms with Crippen molar-refractivity contribution in [1.29, 1.82) is 0 Å². The molecule has 2 rings (SSSR count). The Balaban J connectivity index is 1.77. The Labute approximate surface area is 277 Å². The molecule has 0 aliphatic heterocycles. The number of nitrogens with one attached hydrogen (secondary N) is 4. The number of amides is 4. The lowest BCUT2D eigenvalue weighted by Gasteiger charge is -2.24. The first-order chi connectivity index (χ1) is 20.8. The van der Waals surface area contributed by atoms with Gasteiger partial charge in [0.05, 0.1) is 0 Å². The van der Waals surface area contributed by atoms with Gasteiger partial charge in [-0.1, -0.05) is 50.4 Å². The number of carbonyl (C=O) groups excluding carboxylic acids is 4. The molecule has 17 heteroatoms. The smallest absolute Gasteiger partial charge is 0.408 e. The molecule has 4 amide bonds. The zero-order valence-corrected chi connectivity index (χ0v) is 30.1. The van der Waals surface area contributed by atoms with Crippen LogP contribution in [0.2, 0.25) is 0 Å². The molecule has 0 saturated carbocycles. The van der Waals surface area contributed by atoms with Crippen molar-refractivity contribution in [2.75, 3.05) is 22.1 Å². The highest BCUT2D eigenvalue weighted by Crippen LogP contribution is 2.21. The number of alkyl carbamates (subject to hydrolysis) is 2. The Hall–Kier alpha value is -3.05. The zero-order chi connectivity index (χ0) is 33.9. The van der Waals surface area contributed by atoms with Gasteiger partial charge in [-0.15, -0.1) is 20.4 Å². The van der Waals surface area contributed by atoms with Crippen molar-refractivity contribution in [3.05, 3.63) is 10.0 Å². The van der Waals surface area contributed by atoms with Crippen molar-refractivity contribution >= 4 is 68.7 Å². The summed E-state index contributed by atoms with van der Waals surface area (Å²) < 4.78 is 10.5. The molecule has 252 valence electrons. The Morgan fingerprint density at radius 2 is 1.02 bits per heavy atom. The maximum atomic E-state index is 12.8. The summed E-state index contributed by atoms with van der Waals surface area (Å²) in [6, 6.07) is -1.58. The van der Waals surface area contributed by atoms with Crippen molar-refractivity contribution in [3.8, 4) is 0 Å². The van der Waals surface area contributed by atoms with Crippen LogP contribution >= 0.6 is 34.4 Å². The number of carbonyl (C=O) groups is 4. The molecule has 0 unspecified atom stereocenters. The molecule has 0 aromatic carbocycles. The number of aromatic nitrogens is 4. The summed E-state index contributed by atoms with van der Waals surface area (Å²) in [5.41, 5.74) is -1.35. The third-order valence-corrected chi connectivity index (χ3v) is 8.34. The fraction of sp³-hybridized carbons (Fsp3) is 0.714. The molecule has 0 spiro atoms. The summed E-state index contributed by atoms with van der Waals surface area (Å²) in [6.45, 7) is 17.9. The van der Waals surface area contributed by atoms with Gasteiger partial charge in [-0.3, -0.25) is 20.2 Å². The molecule has 0 aliphatic carbocycles. The van der Waals surface area contributed by atoms with E-state index in [1.54, 1.807) is 53.3 Å². The number of ether oxygens (including phenoxy) is 2. The summed E-state index contributed by atoms with van der Waals surface area (Å²) in [7, 11) is 0. The lowest BCUT2D eigenvalue weighted by molar-refractivity contribution is -0.119. The molecular weight excluding hydrogens is 641 g/mol. The lowest BCUT2D eigenvalue weighted by Crippen LogP contribution is -2.48. The summed E-state index contributed by atoms with van der Waals surface area (Å²) in [5, 5.41) is 29.5. The van der Waals surface area contributed by atoms with Gasteiger partial charge in [-0.05, 0) is 64.9 Å².